The maximum Gasteiger partial charge on any atom is 0.0558 e. The molecule has 2 aliphatic rings. The number of hydrogen-bond acceptors (Lipinski definition) is 2. The Morgan fingerprint density at radius 1 is 1.36 bits per heavy atom. The zero-order chi connectivity index (χ0) is 7.84. The van der Waals surface area contributed by atoms with Crippen LogP contribution in [0.4, 0.5) is 0 Å². The van der Waals surface area contributed by atoms with Gasteiger partial charge in [0.1, 0.15) is 0 Å². The van der Waals surface area contributed by atoms with Crippen LogP contribution in [0.15, 0.2) is 0 Å². The molecule has 3 atom stereocenters. The van der Waals surface area contributed by atoms with E-state index in [0.29, 0.717) is 6.04 Å². The molecule has 0 aromatic rings. The van der Waals surface area contributed by atoms with Crippen LogP contribution in [-0.4, -0.2) is 35.2 Å². The molecule has 0 spiro atoms. The minimum atomic E-state index is -0.00435. The maximum absolute atomic E-state index is 9.48. The largest absolute Gasteiger partial charge is 0.393 e. The molecule has 1 saturated heterocycles. The highest BCUT2D eigenvalue weighted by Crippen LogP contribution is 2.34. The van der Waals surface area contributed by atoms with Crippen LogP contribution in [-0.2, 0) is 0 Å². The van der Waals surface area contributed by atoms with Gasteiger partial charge < -0.3 is 10.0 Å². The Kier molecular flexibility index (Phi) is 1.90. The Morgan fingerprint density at radius 3 is 2.91 bits per heavy atom. The molecule has 0 amide bonds. The Morgan fingerprint density at radius 2 is 2.18 bits per heavy atom. The molecule has 2 fully saturated rings. The summed E-state index contributed by atoms with van der Waals surface area (Å²) in [7, 11) is 0. The van der Waals surface area contributed by atoms with Crippen molar-refractivity contribution in [1.29, 1.82) is 0 Å². The van der Waals surface area contributed by atoms with Gasteiger partial charge in [-0.05, 0) is 31.7 Å². The SMILES string of the molecule is CCN1CC2CC(O)CC1C2. The fourth-order valence-corrected chi connectivity index (χ4v) is 2.69. The topological polar surface area (TPSA) is 23.5 Å². The van der Waals surface area contributed by atoms with E-state index in [4.69, 9.17) is 0 Å². The number of aliphatic hydroxyl groups excluding tert-OH is 1. The van der Waals surface area contributed by atoms with Gasteiger partial charge in [-0.15, -0.1) is 0 Å². The summed E-state index contributed by atoms with van der Waals surface area (Å²) < 4.78 is 0. The zero-order valence-electron chi connectivity index (χ0n) is 7.16. The van der Waals surface area contributed by atoms with Crippen molar-refractivity contribution in [3.63, 3.8) is 0 Å². The number of fused-ring (bicyclic) bond motifs is 2. The molecular weight excluding hydrogens is 138 g/mol. The second kappa shape index (κ2) is 2.76. The second-order valence-corrected chi connectivity index (χ2v) is 3.97. The fourth-order valence-electron chi connectivity index (χ4n) is 2.69. The first-order valence-electron chi connectivity index (χ1n) is 4.71. The van der Waals surface area contributed by atoms with E-state index in [-0.39, 0.29) is 6.10 Å². The number of hydrogen-bond donors (Lipinski definition) is 1. The van der Waals surface area contributed by atoms with E-state index in [1.54, 1.807) is 0 Å². The fraction of sp³-hybridized carbons (Fsp3) is 1.00. The summed E-state index contributed by atoms with van der Waals surface area (Å²) in [6, 6.07) is 0.703. The summed E-state index contributed by atoms with van der Waals surface area (Å²) in [5.74, 6) is 0.795. The van der Waals surface area contributed by atoms with Crippen LogP contribution >= 0.6 is 0 Å². The molecule has 2 rings (SSSR count). The average molecular weight is 155 g/mol. The lowest BCUT2D eigenvalue weighted by atomic mass is 9.88. The number of likely N-dealkylation sites (tertiary alicyclic amines) is 1. The molecule has 2 nitrogen and oxygen atoms in total. The monoisotopic (exact) mass is 155 g/mol. The first-order chi connectivity index (χ1) is 5.29. The summed E-state index contributed by atoms with van der Waals surface area (Å²) in [4.78, 5) is 2.51. The van der Waals surface area contributed by atoms with E-state index < -0.39 is 0 Å². The van der Waals surface area contributed by atoms with Crippen LogP contribution in [0.1, 0.15) is 26.2 Å². The van der Waals surface area contributed by atoms with Crippen molar-refractivity contribution in [3.8, 4) is 0 Å². The standard InChI is InChI=1S/C9H17NO/c1-2-10-6-7-3-8(10)5-9(11)4-7/h7-9,11H,2-6H2,1H3. The van der Waals surface area contributed by atoms with E-state index in [1.807, 2.05) is 0 Å². The Labute approximate surface area is 68.2 Å². The van der Waals surface area contributed by atoms with Crippen molar-refractivity contribution in [1.82, 2.24) is 4.90 Å². The molecule has 1 N–H and O–H groups in total. The van der Waals surface area contributed by atoms with Crippen LogP contribution in [0.3, 0.4) is 0 Å². The molecule has 1 heterocycles. The van der Waals surface area contributed by atoms with Crippen molar-refractivity contribution in [2.24, 2.45) is 5.92 Å². The van der Waals surface area contributed by atoms with Gasteiger partial charge in [0.25, 0.3) is 0 Å². The average Bonchev–Trinajstić information content (AvgIpc) is 2.25. The quantitative estimate of drug-likeness (QED) is 0.607. The Balaban J connectivity index is 2.02. The third kappa shape index (κ3) is 1.30. The maximum atomic E-state index is 9.48. The Hall–Kier alpha value is -0.0800. The smallest absolute Gasteiger partial charge is 0.0558 e. The molecule has 1 aliphatic carbocycles. The van der Waals surface area contributed by atoms with Crippen LogP contribution in [0.5, 0.6) is 0 Å². The molecule has 3 unspecified atom stereocenters. The van der Waals surface area contributed by atoms with Crippen LogP contribution in [0, 0.1) is 5.92 Å². The van der Waals surface area contributed by atoms with Gasteiger partial charge in [-0.2, -0.15) is 0 Å². The highest BCUT2D eigenvalue weighted by atomic mass is 16.3. The summed E-state index contributed by atoms with van der Waals surface area (Å²) in [5.41, 5.74) is 0. The molecule has 0 aromatic carbocycles. The van der Waals surface area contributed by atoms with Gasteiger partial charge in [-0.3, -0.25) is 0 Å². The zero-order valence-corrected chi connectivity index (χ0v) is 7.16. The number of aliphatic hydroxyl groups is 1. The predicted octanol–water partition coefficient (Wildman–Crippen LogP) is 0.851. The lowest BCUT2D eigenvalue weighted by Crippen LogP contribution is -2.31. The van der Waals surface area contributed by atoms with E-state index in [2.05, 4.69) is 11.8 Å². The lowest BCUT2D eigenvalue weighted by Gasteiger charge is -2.25. The highest BCUT2D eigenvalue weighted by Gasteiger charge is 2.37. The lowest BCUT2D eigenvalue weighted by molar-refractivity contribution is 0.0992. The molecule has 0 aromatic heterocycles. The molecule has 0 radical (unpaired) electrons. The van der Waals surface area contributed by atoms with Crippen molar-refractivity contribution in [2.75, 3.05) is 13.1 Å². The second-order valence-electron chi connectivity index (χ2n) is 3.97. The third-order valence-electron chi connectivity index (χ3n) is 3.17. The minimum Gasteiger partial charge on any atom is -0.393 e. The van der Waals surface area contributed by atoms with Gasteiger partial charge >= 0.3 is 0 Å². The van der Waals surface area contributed by atoms with Gasteiger partial charge in [0.2, 0.25) is 0 Å². The molecule has 64 valence electrons. The van der Waals surface area contributed by atoms with Gasteiger partial charge in [0, 0.05) is 12.6 Å². The van der Waals surface area contributed by atoms with E-state index >= 15 is 0 Å². The van der Waals surface area contributed by atoms with Crippen molar-refractivity contribution in [3.05, 3.63) is 0 Å². The first kappa shape index (κ1) is 7.56. The van der Waals surface area contributed by atoms with Gasteiger partial charge in [0.05, 0.1) is 6.10 Å². The molecule has 2 heteroatoms. The highest BCUT2D eigenvalue weighted by molar-refractivity contribution is 4.92. The Bertz CT molecular complexity index is 148. The molecule has 1 saturated carbocycles. The van der Waals surface area contributed by atoms with Crippen LogP contribution in [0.25, 0.3) is 0 Å². The predicted molar refractivity (Wildman–Crippen MR) is 44.4 cm³/mol. The third-order valence-corrected chi connectivity index (χ3v) is 3.17. The van der Waals surface area contributed by atoms with Gasteiger partial charge in [-0.25, -0.2) is 0 Å². The molecular formula is C9H17NO. The summed E-state index contributed by atoms with van der Waals surface area (Å²) >= 11 is 0. The van der Waals surface area contributed by atoms with Crippen LogP contribution in [0.2, 0.25) is 0 Å². The van der Waals surface area contributed by atoms with E-state index in [9.17, 15) is 5.11 Å². The summed E-state index contributed by atoms with van der Waals surface area (Å²) in [5, 5.41) is 9.48. The molecule has 1 aliphatic heterocycles. The molecule has 2 bridgehead atoms. The summed E-state index contributed by atoms with van der Waals surface area (Å²) in [6.07, 6.45) is 3.40. The summed E-state index contributed by atoms with van der Waals surface area (Å²) in [6.45, 7) is 4.61. The minimum absolute atomic E-state index is 0.00435. The van der Waals surface area contributed by atoms with Crippen LogP contribution < -0.4 is 0 Å². The number of rotatable bonds is 1. The van der Waals surface area contributed by atoms with Crippen molar-refractivity contribution in [2.45, 2.75) is 38.3 Å². The van der Waals surface area contributed by atoms with Crippen molar-refractivity contribution >= 4 is 0 Å². The first-order valence-corrected chi connectivity index (χ1v) is 4.71. The molecule has 11 heavy (non-hydrogen) atoms. The van der Waals surface area contributed by atoms with Gasteiger partial charge in [0.15, 0.2) is 0 Å². The van der Waals surface area contributed by atoms with Crippen molar-refractivity contribution < 1.29 is 5.11 Å². The van der Waals surface area contributed by atoms with Gasteiger partial charge in [-0.1, -0.05) is 6.92 Å². The number of nitrogens with zero attached hydrogens (tertiary/aromatic N) is 1. The van der Waals surface area contributed by atoms with E-state index in [0.717, 1.165) is 25.3 Å². The normalized spacial score (nSPS) is 44.7. The van der Waals surface area contributed by atoms with E-state index in [1.165, 1.54) is 13.0 Å².